The molecule has 5 fully saturated rings. The Bertz CT molecular complexity index is 2000. The Morgan fingerprint density at radius 3 is 2.02 bits per heavy atom. The number of nitrogens with one attached hydrogen (secondary N) is 1. The van der Waals surface area contributed by atoms with E-state index in [1.54, 1.807) is 0 Å². The lowest BCUT2D eigenvalue weighted by molar-refractivity contribution is -0.235. The van der Waals surface area contributed by atoms with E-state index in [4.69, 9.17) is 14.3 Å². The molecule has 1 aromatic rings. The SMILES string of the molecule is CC(C)C1=C2[C@H]3CC[C@@H]4[C@@]5(C)CC[C@H](OC(=O)[C@H]6C[C@@H](Cc7ccccc7)C6(C)C)C(C)(C)[C@@H]5CC[C@@]4(C)[C@]3(C)CC[C@@]2(NC(=O)C(C)(C)CC(=O)C(C)(C)C)CC1=O.O=C=O. The van der Waals surface area contributed by atoms with E-state index in [2.05, 4.69) is 98.0 Å². The largest absolute Gasteiger partial charge is 0.462 e. The summed E-state index contributed by atoms with van der Waals surface area (Å²) in [6.07, 6.45) is 10.6. The Balaban J connectivity index is 0.00000208. The smallest absolute Gasteiger partial charge is 0.373 e. The van der Waals surface area contributed by atoms with E-state index in [-0.39, 0.29) is 86.9 Å². The first kappa shape index (κ1) is 48.1. The molecule has 0 aliphatic heterocycles. The van der Waals surface area contributed by atoms with Gasteiger partial charge in [0, 0.05) is 23.7 Å². The number of hydrogen-bond acceptors (Lipinski definition) is 7. The molecule has 1 N–H and O–H groups in total. The van der Waals surface area contributed by atoms with Gasteiger partial charge in [0.05, 0.1) is 16.9 Å². The van der Waals surface area contributed by atoms with Crippen molar-refractivity contribution >= 4 is 29.6 Å². The minimum absolute atomic E-state index is 0.0111. The monoisotopic (exact) mass is 854 g/mol. The Morgan fingerprint density at radius 1 is 0.806 bits per heavy atom. The fourth-order valence-electron chi connectivity index (χ4n) is 15.0. The topological polar surface area (TPSA) is 124 Å². The highest BCUT2D eigenvalue weighted by molar-refractivity contribution is 6.03. The summed E-state index contributed by atoms with van der Waals surface area (Å²) in [5, 5.41) is 3.55. The molecule has 342 valence electrons. The van der Waals surface area contributed by atoms with Crippen LogP contribution in [-0.4, -0.2) is 41.2 Å². The molecule has 0 aromatic heterocycles. The maximum absolute atomic E-state index is 14.3. The molecule has 8 heteroatoms. The van der Waals surface area contributed by atoms with Gasteiger partial charge in [0.2, 0.25) is 5.91 Å². The minimum atomic E-state index is -0.885. The summed E-state index contributed by atoms with van der Waals surface area (Å²) < 4.78 is 6.67. The van der Waals surface area contributed by atoms with Crippen LogP contribution in [0.1, 0.15) is 173 Å². The van der Waals surface area contributed by atoms with Crippen molar-refractivity contribution in [1.82, 2.24) is 5.32 Å². The van der Waals surface area contributed by atoms with Gasteiger partial charge >= 0.3 is 12.1 Å². The summed E-state index contributed by atoms with van der Waals surface area (Å²) >= 11 is 0. The highest BCUT2D eigenvalue weighted by atomic mass is 16.5. The number of Topliss-reactive ketones (excluding diaryl/α,β-unsaturated/α-hetero) is 2. The maximum atomic E-state index is 14.3. The molecule has 6 aliphatic carbocycles. The lowest BCUT2D eigenvalue weighted by atomic mass is 9.33. The number of ether oxygens (including phenoxy) is 1. The highest BCUT2D eigenvalue weighted by Crippen LogP contribution is 2.76. The molecular formula is C54H79NO7. The van der Waals surface area contributed by atoms with E-state index < -0.39 is 16.4 Å². The van der Waals surface area contributed by atoms with E-state index in [0.717, 1.165) is 69.8 Å². The number of hydrogen-bond donors (Lipinski definition) is 1. The van der Waals surface area contributed by atoms with Gasteiger partial charge in [-0.3, -0.25) is 19.2 Å². The molecule has 1 aromatic carbocycles. The second kappa shape index (κ2) is 16.2. The van der Waals surface area contributed by atoms with Crippen LogP contribution >= 0.6 is 0 Å². The predicted octanol–water partition coefficient (Wildman–Crippen LogP) is 11.1. The molecule has 0 unspecified atom stereocenters. The van der Waals surface area contributed by atoms with Crippen LogP contribution in [0.2, 0.25) is 0 Å². The zero-order chi connectivity index (χ0) is 46.2. The van der Waals surface area contributed by atoms with Crippen molar-refractivity contribution in [2.24, 2.45) is 73.4 Å². The standard InChI is InChI=1S/C53H79NO5.CO2/c1-32(2)42-37(55)30-53(54-45(58)47(6,7)31-40(56)46(3,4)5)27-26-51(13)35(43(42)53)20-21-39-50(12)24-23-41(49(10,11)38(50)22-25-52(39,51)14)59-44(57)36-29-34(48(36,8)9)28-33-18-16-15-17-19-33;2-1-3/h15-19,32,34-36,38-39,41H,20-31H2,1-14H3,(H,54,58);/t34-,35-,36-,38+,39-,41+,50+,51-,52-,53-;/m1./s1. The fourth-order valence-corrected chi connectivity index (χ4v) is 15.0. The lowest BCUT2D eigenvalue weighted by Crippen LogP contribution is -2.67. The second-order valence-electron chi connectivity index (χ2n) is 24.8. The van der Waals surface area contributed by atoms with Crippen molar-refractivity contribution in [1.29, 1.82) is 0 Å². The van der Waals surface area contributed by atoms with Crippen LogP contribution in [0.15, 0.2) is 41.5 Å². The molecule has 0 bridgehead atoms. The molecular weight excluding hydrogens is 775 g/mol. The second-order valence-corrected chi connectivity index (χ2v) is 24.8. The minimum Gasteiger partial charge on any atom is -0.462 e. The lowest BCUT2D eigenvalue weighted by Gasteiger charge is -2.72. The highest BCUT2D eigenvalue weighted by Gasteiger charge is 2.70. The summed E-state index contributed by atoms with van der Waals surface area (Å²) in [5.41, 5.74) is 1.33. The first-order valence-corrected chi connectivity index (χ1v) is 23.9. The van der Waals surface area contributed by atoms with E-state index in [1.165, 1.54) is 11.1 Å². The van der Waals surface area contributed by atoms with Crippen LogP contribution in [0.3, 0.4) is 0 Å². The number of fused-ring (bicyclic) bond motifs is 7. The number of benzene rings is 1. The van der Waals surface area contributed by atoms with Crippen LogP contribution in [0.5, 0.6) is 0 Å². The van der Waals surface area contributed by atoms with Crippen LogP contribution < -0.4 is 5.32 Å². The Labute approximate surface area is 373 Å². The predicted molar refractivity (Wildman–Crippen MR) is 241 cm³/mol. The summed E-state index contributed by atoms with van der Waals surface area (Å²) in [4.78, 5) is 72.0. The molecule has 0 radical (unpaired) electrons. The molecule has 1 amide bonds. The summed E-state index contributed by atoms with van der Waals surface area (Å²) in [5.74, 6) is 1.83. The van der Waals surface area contributed by atoms with Gasteiger partial charge in [-0.05, 0) is 132 Å². The van der Waals surface area contributed by atoms with Crippen molar-refractivity contribution in [2.75, 3.05) is 0 Å². The Morgan fingerprint density at radius 2 is 1.44 bits per heavy atom. The molecule has 62 heavy (non-hydrogen) atoms. The molecule has 10 atom stereocenters. The van der Waals surface area contributed by atoms with Gasteiger partial charge in [-0.1, -0.05) is 127 Å². The van der Waals surface area contributed by atoms with Crippen molar-refractivity contribution in [3.05, 3.63) is 47.0 Å². The quantitative estimate of drug-likeness (QED) is 0.245. The van der Waals surface area contributed by atoms with E-state index >= 15 is 0 Å². The number of carbonyl (C=O) groups is 4. The van der Waals surface area contributed by atoms with Crippen molar-refractivity contribution < 1.29 is 33.5 Å². The zero-order valence-corrected chi connectivity index (χ0v) is 40.8. The average molecular weight is 854 g/mol. The first-order chi connectivity index (χ1) is 28.6. The van der Waals surface area contributed by atoms with Gasteiger partial charge in [0.15, 0.2) is 5.78 Å². The summed E-state index contributed by atoms with van der Waals surface area (Å²) in [7, 11) is 0. The molecule has 7 rings (SSSR count). The fraction of sp³-hybridized carbons (Fsp3) is 0.759. The van der Waals surface area contributed by atoms with Crippen molar-refractivity contribution in [3.63, 3.8) is 0 Å². The van der Waals surface area contributed by atoms with Crippen molar-refractivity contribution in [2.45, 2.75) is 186 Å². The summed E-state index contributed by atoms with van der Waals surface area (Å²) in [6, 6.07) is 10.7. The molecule has 5 saturated carbocycles. The molecule has 0 saturated heterocycles. The third kappa shape index (κ3) is 7.72. The number of ketones is 2. The van der Waals surface area contributed by atoms with Crippen LogP contribution in [-0.2, 0) is 39.9 Å². The van der Waals surface area contributed by atoms with E-state index in [9.17, 15) is 19.2 Å². The third-order valence-corrected chi connectivity index (χ3v) is 19.1. The van der Waals surface area contributed by atoms with Crippen molar-refractivity contribution in [3.8, 4) is 0 Å². The summed E-state index contributed by atoms with van der Waals surface area (Å²) in [6.45, 7) is 30.9. The number of allylic oxidation sites excluding steroid dienone is 1. The molecule has 6 aliphatic rings. The number of amides is 1. The van der Waals surface area contributed by atoms with Gasteiger partial charge < -0.3 is 10.1 Å². The zero-order valence-electron chi connectivity index (χ0n) is 40.8. The van der Waals surface area contributed by atoms with E-state index in [1.807, 2.05) is 34.6 Å². The van der Waals surface area contributed by atoms with Gasteiger partial charge in [-0.2, -0.15) is 9.59 Å². The maximum Gasteiger partial charge on any atom is 0.373 e. The van der Waals surface area contributed by atoms with E-state index in [0.29, 0.717) is 24.2 Å². The van der Waals surface area contributed by atoms with Crippen LogP contribution in [0, 0.1) is 73.4 Å². The Hall–Kier alpha value is -3.38. The Kier molecular flexibility index (Phi) is 12.6. The van der Waals surface area contributed by atoms with Crippen LogP contribution in [0.4, 0.5) is 0 Å². The molecule has 8 nitrogen and oxygen atoms in total. The van der Waals surface area contributed by atoms with Gasteiger partial charge in [-0.25, -0.2) is 0 Å². The van der Waals surface area contributed by atoms with Crippen LogP contribution in [0.25, 0.3) is 0 Å². The number of rotatable bonds is 9. The number of carbonyl (C=O) groups excluding carboxylic acids is 6. The number of esters is 1. The molecule has 0 heterocycles. The molecule has 0 spiro atoms. The first-order valence-electron chi connectivity index (χ1n) is 23.9. The third-order valence-electron chi connectivity index (χ3n) is 19.1. The van der Waals surface area contributed by atoms with Gasteiger partial charge in [-0.15, -0.1) is 0 Å². The van der Waals surface area contributed by atoms with Gasteiger partial charge in [0.25, 0.3) is 0 Å². The normalized spacial score (nSPS) is 36.9. The average Bonchev–Trinajstić information content (AvgIpc) is 3.46. The van der Waals surface area contributed by atoms with Gasteiger partial charge in [0.1, 0.15) is 11.9 Å².